The summed E-state index contributed by atoms with van der Waals surface area (Å²) in [5.41, 5.74) is -1.11. The van der Waals surface area contributed by atoms with Crippen LogP contribution in [-0.2, 0) is 4.79 Å². The third-order valence-electron chi connectivity index (χ3n) is 1.34. The van der Waals surface area contributed by atoms with Gasteiger partial charge >= 0.3 is 0 Å². The molecule has 0 radical (unpaired) electrons. The van der Waals surface area contributed by atoms with Crippen molar-refractivity contribution in [1.29, 1.82) is 0 Å². The number of carbonyl (C=O) groups is 1. The highest BCUT2D eigenvalue weighted by atomic mass is 16.3. The third kappa shape index (κ3) is 4.05. The Hall–Kier alpha value is -0.490. The van der Waals surface area contributed by atoms with Gasteiger partial charge in [0.1, 0.15) is 6.79 Å². The molecule has 0 aliphatic heterocycles. The van der Waals surface area contributed by atoms with Gasteiger partial charge < -0.3 is 25.2 Å². The molecule has 0 aromatic heterocycles. The summed E-state index contributed by atoms with van der Waals surface area (Å²) in [5.74, 6) is 0. The van der Waals surface area contributed by atoms with E-state index >= 15 is 0 Å². The molecule has 0 saturated carbocycles. The fraction of sp³-hybridized carbons (Fsp3) is 0.833. The van der Waals surface area contributed by atoms with Gasteiger partial charge in [0.2, 0.25) is 0 Å². The minimum absolute atomic E-state index is 0.406. The molecular weight excluding hydrogens is 152 g/mol. The van der Waals surface area contributed by atoms with Gasteiger partial charge in [-0.25, -0.2) is 0 Å². The Balaban J connectivity index is 0. The first kappa shape index (κ1) is 13.1. The first-order valence-electron chi connectivity index (χ1n) is 2.97. The molecular formula is C6H14O5. The molecule has 0 fully saturated rings. The summed E-state index contributed by atoms with van der Waals surface area (Å²) in [7, 11) is 0. The quantitative estimate of drug-likeness (QED) is 0.378. The van der Waals surface area contributed by atoms with Gasteiger partial charge in [0.25, 0.3) is 0 Å². The lowest BCUT2D eigenvalue weighted by atomic mass is 9.93. The van der Waals surface area contributed by atoms with Crippen molar-refractivity contribution < 1.29 is 25.2 Å². The Morgan fingerprint density at radius 1 is 0.818 bits per heavy atom. The van der Waals surface area contributed by atoms with Gasteiger partial charge in [0.15, 0.2) is 0 Å². The Kier molecular flexibility index (Phi) is 9.09. The van der Waals surface area contributed by atoms with Crippen LogP contribution in [0.1, 0.15) is 0 Å². The lowest BCUT2D eigenvalue weighted by molar-refractivity contribution is -0.0980. The summed E-state index contributed by atoms with van der Waals surface area (Å²) in [6.45, 7) is 0.375. The van der Waals surface area contributed by atoms with Crippen LogP contribution in [-0.4, -0.2) is 53.6 Å². The Labute approximate surface area is 64.9 Å². The number of aliphatic hydroxyl groups excluding tert-OH is 4. The minimum atomic E-state index is -1.11. The maximum Gasteiger partial charge on any atom is 0.106 e. The van der Waals surface area contributed by atoms with E-state index in [4.69, 9.17) is 25.2 Å². The number of aliphatic hydroxyl groups is 4. The highest BCUT2D eigenvalue weighted by molar-refractivity contribution is 5.10. The van der Waals surface area contributed by atoms with Gasteiger partial charge in [-0.3, -0.25) is 0 Å². The molecule has 0 aliphatic rings. The fourth-order valence-corrected chi connectivity index (χ4v) is 0.300. The highest BCUT2D eigenvalue weighted by Crippen LogP contribution is 2.11. The van der Waals surface area contributed by atoms with Crippen LogP contribution in [0.3, 0.4) is 0 Å². The van der Waals surface area contributed by atoms with Gasteiger partial charge in [0, 0.05) is 0 Å². The second-order valence-corrected chi connectivity index (χ2v) is 2.13. The van der Waals surface area contributed by atoms with E-state index in [1.165, 1.54) is 0 Å². The van der Waals surface area contributed by atoms with E-state index in [2.05, 4.69) is 0 Å². The topological polar surface area (TPSA) is 98.0 Å². The van der Waals surface area contributed by atoms with Crippen molar-refractivity contribution >= 4 is 6.79 Å². The van der Waals surface area contributed by atoms with E-state index in [0.29, 0.717) is 0 Å². The standard InChI is InChI=1S/C5H12O4.CH2O/c6-1-5(2-7,3-8)4-9;1-2/h6-9H,1-4H2;1H2. The van der Waals surface area contributed by atoms with Crippen molar-refractivity contribution in [1.82, 2.24) is 0 Å². The van der Waals surface area contributed by atoms with E-state index in [1.807, 2.05) is 6.79 Å². The van der Waals surface area contributed by atoms with Crippen molar-refractivity contribution in [3.05, 3.63) is 0 Å². The molecule has 0 rings (SSSR count). The molecule has 11 heavy (non-hydrogen) atoms. The zero-order chi connectivity index (χ0) is 9.33. The van der Waals surface area contributed by atoms with Gasteiger partial charge in [-0.1, -0.05) is 0 Å². The van der Waals surface area contributed by atoms with Crippen LogP contribution in [0.25, 0.3) is 0 Å². The van der Waals surface area contributed by atoms with Crippen LogP contribution in [0.15, 0.2) is 0 Å². The molecule has 0 aromatic rings. The van der Waals surface area contributed by atoms with Crippen LogP contribution in [0.4, 0.5) is 0 Å². The number of rotatable bonds is 4. The van der Waals surface area contributed by atoms with Crippen molar-refractivity contribution in [2.75, 3.05) is 26.4 Å². The van der Waals surface area contributed by atoms with Crippen LogP contribution in [0.2, 0.25) is 0 Å². The lowest BCUT2D eigenvalue weighted by Gasteiger charge is -2.23. The number of hydrogen-bond donors (Lipinski definition) is 4. The van der Waals surface area contributed by atoms with Gasteiger partial charge in [-0.15, -0.1) is 0 Å². The molecule has 68 valence electrons. The second kappa shape index (κ2) is 7.62. The maximum atomic E-state index is 8.50. The number of hydrogen-bond acceptors (Lipinski definition) is 5. The molecule has 0 bridgehead atoms. The maximum absolute atomic E-state index is 8.50. The van der Waals surface area contributed by atoms with Crippen molar-refractivity contribution in [2.45, 2.75) is 0 Å². The molecule has 0 aromatic carbocycles. The zero-order valence-electron chi connectivity index (χ0n) is 6.23. The average Bonchev–Trinajstić information content (AvgIpc) is 2.13. The monoisotopic (exact) mass is 166 g/mol. The minimum Gasteiger partial charge on any atom is -0.396 e. The van der Waals surface area contributed by atoms with E-state index in [9.17, 15) is 0 Å². The lowest BCUT2D eigenvalue weighted by Crippen LogP contribution is -2.37. The molecule has 0 atom stereocenters. The first-order chi connectivity index (χ1) is 5.24. The van der Waals surface area contributed by atoms with Crippen LogP contribution in [0.5, 0.6) is 0 Å². The van der Waals surface area contributed by atoms with Gasteiger partial charge in [0.05, 0.1) is 31.8 Å². The van der Waals surface area contributed by atoms with Gasteiger partial charge in [-0.2, -0.15) is 0 Å². The molecule has 5 nitrogen and oxygen atoms in total. The molecule has 0 aliphatic carbocycles. The predicted octanol–water partition coefficient (Wildman–Crippen LogP) is -2.24. The summed E-state index contributed by atoms with van der Waals surface area (Å²) >= 11 is 0. The summed E-state index contributed by atoms with van der Waals surface area (Å²) in [6, 6.07) is 0. The van der Waals surface area contributed by atoms with Gasteiger partial charge in [-0.05, 0) is 0 Å². The molecule has 0 unspecified atom stereocenters. The summed E-state index contributed by atoms with van der Waals surface area (Å²) in [6.07, 6.45) is 0. The van der Waals surface area contributed by atoms with Crippen molar-refractivity contribution in [2.24, 2.45) is 5.41 Å². The SMILES string of the molecule is C=O.OCC(CO)(CO)CO. The van der Waals surface area contributed by atoms with Crippen LogP contribution < -0.4 is 0 Å². The smallest absolute Gasteiger partial charge is 0.106 e. The summed E-state index contributed by atoms with van der Waals surface area (Å²) < 4.78 is 0. The average molecular weight is 166 g/mol. The normalized spacial score (nSPS) is 10.2. The van der Waals surface area contributed by atoms with E-state index in [1.54, 1.807) is 0 Å². The largest absolute Gasteiger partial charge is 0.396 e. The Bertz CT molecular complexity index is 63.5. The molecule has 0 amide bonds. The molecule has 0 heterocycles. The zero-order valence-corrected chi connectivity index (χ0v) is 6.23. The fourth-order valence-electron chi connectivity index (χ4n) is 0.300. The van der Waals surface area contributed by atoms with Crippen LogP contribution >= 0.6 is 0 Å². The van der Waals surface area contributed by atoms with E-state index in [-0.39, 0.29) is 0 Å². The molecule has 0 saturated heterocycles. The first-order valence-corrected chi connectivity index (χ1v) is 2.97. The van der Waals surface area contributed by atoms with Crippen molar-refractivity contribution in [3.8, 4) is 0 Å². The Morgan fingerprint density at radius 3 is 1.00 bits per heavy atom. The summed E-state index contributed by atoms with van der Waals surface area (Å²) in [5, 5.41) is 34.0. The second-order valence-electron chi connectivity index (χ2n) is 2.13. The molecule has 4 N–H and O–H groups in total. The highest BCUT2D eigenvalue weighted by Gasteiger charge is 2.26. The third-order valence-corrected chi connectivity index (χ3v) is 1.34. The predicted molar refractivity (Wildman–Crippen MR) is 37.9 cm³/mol. The molecule has 0 spiro atoms. The Morgan fingerprint density at radius 2 is 1.00 bits per heavy atom. The van der Waals surface area contributed by atoms with E-state index < -0.39 is 31.8 Å². The molecule has 5 heteroatoms. The summed E-state index contributed by atoms with van der Waals surface area (Å²) in [4.78, 5) is 8.00. The van der Waals surface area contributed by atoms with Crippen molar-refractivity contribution in [3.63, 3.8) is 0 Å². The van der Waals surface area contributed by atoms with E-state index in [0.717, 1.165) is 0 Å². The van der Waals surface area contributed by atoms with Crippen LogP contribution in [0, 0.1) is 5.41 Å². The number of carbonyl (C=O) groups excluding carboxylic acids is 1.